The van der Waals surface area contributed by atoms with Crippen LogP contribution in [0.5, 0.6) is 23.0 Å². The van der Waals surface area contributed by atoms with Gasteiger partial charge in [0.25, 0.3) is 11.8 Å². The lowest BCUT2D eigenvalue weighted by Crippen LogP contribution is -2.35. The minimum atomic E-state index is -0.283. The van der Waals surface area contributed by atoms with Gasteiger partial charge in [-0.15, -0.1) is 0 Å². The van der Waals surface area contributed by atoms with E-state index in [0.717, 1.165) is 27.8 Å². The standard InChI is InChI=1S/C24H25N3O6/c1-27-8-6-14-9-19-22(33-13-32-19)23(21(14)24(27)29)31-12-20(28)25-7-5-15-11-26-18-4-3-16(30-2)10-17(15)18/h3-4,9-11,26H,5-8,12-13H2,1-2H3,(H,25,28). The highest BCUT2D eigenvalue weighted by Crippen LogP contribution is 2.46. The summed E-state index contributed by atoms with van der Waals surface area (Å²) < 4.78 is 22.2. The Bertz CT molecular complexity index is 1230. The molecule has 33 heavy (non-hydrogen) atoms. The summed E-state index contributed by atoms with van der Waals surface area (Å²) >= 11 is 0. The fourth-order valence-corrected chi connectivity index (χ4v) is 4.23. The molecule has 2 N–H and O–H groups in total. The van der Waals surface area contributed by atoms with Crippen molar-refractivity contribution in [3.05, 3.63) is 47.2 Å². The third-order valence-corrected chi connectivity index (χ3v) is 6.02. The number of rotatable bonds is 7. The Kier molecular flexibility index (Phi) is 5.45. The maximum Gasteiger partial charge on any atom is 0.257 e. The minimum absolute atomic E-state index is 0.0558. The van der Waals surface area contributed by atoms with E-state index in [2.05, 4.69) is 10.3 Å². The number of fused-ring (bicyclic) bond motifs is 3. The molecule has 2 aromatic carbocycles. The summed E-state index contributed by atoms with van der Waals surface area (Å²) in [4.78, 5) is 30.1. The van der Waals surface area contributed by atoms with E-state index in [1.54, 1.807) is 19.1 Å². The lowest BCUT2D eigenvalue weighted by atomic mass is 9.97. The molecular formula is C24H25N3O6. The minimum Gasteiger partial charge on any atom is -0.497 e. The second-order valence-corrected chi connectivity index (χ2v) is 8.06. The third-order valence-electron chi connectivity index (χ3n) is 6.02. The quantitative estimate of drug-likeness (QED) is 0.572. The Morgan fingerprint density at radius 3 is 3.00 bits per heavy atom. The number of methoxy groups -OCH3 is 1. The first kappa shape index (κ1) is 21.0. The fraction of sp³-hybridized carbons (Fsp3) is 0.333. The van der Waals surface area contributed by atoms with Gasteiger partial charge in [-0.25, -0.2) is 0 Å². The highest BCUT2D eigenvalue weighted by molar-refractivity contribution is 6.01. The number of aromatic nitrogens is 1. The smallest absolute Gasteiger partial charge is 0.257 e. The molecule has 1 aromatic heterocycles. The highest BCUT2D eigenvalue weighted by Gasteiger charge is 2.33. The van der Waals surface area contributed by atoms with Crippen molar-refractivity contribution in [1.82, 2.24) is 15.2 Å². The van der Waals surface area contributed by atoms with Crippen molar-refractivity contribution in [3.63, 3.8) is 0 Å². The molecule has 3 heterocycles. The molecule has 2 aliphatic heterocycles. The number of carbonyl (C=O) groups is 2. The largest absolute Gasteiger partial charge is 0.497 e. The molecule has 0 atom stereocenters. The van der Waals surface area contributed by atoms with Crippen molar-refractivity contribution in [1.29, 1.82) is 0 Å². The third kappa shape index (κ3) is 3.90. The number of hydrogen-bond donors (Lipinski definition) is 2. The number of likely N-dealkylation sites (N-methyl/N-ethyl adjacent to an activating group) is 1. The zero-order valence-corrected chi connectivity index (χ0v) is 18.5. The number of hydrogen-bond acceptors (Lipinski definition) is 6. The number of H-pyrrole nitrogens is 1. The first-order chi connectivity index (χ1) is 16.0. The van der Waals surface area contributed by atoms with Crippen LogP contribution < -0.4 is 24.3 Å². The second-order valence-electron chi connectivity index (χ2n) is 8.06. The van der Waals surface area contributed by atoms with Crippen molar-refractivity contribution >= 4 is 22.7 Å². The van der Waals surface area contributed by atoms with Crippen LogP contribution >= 0.6 is 0 Å². The number of benzene rings is 2. The zero-order chi connectivity index (χ0) is 22.9. The average Bonchev–Trinajstić information content (AvgIpc) is 3.46. The van der Waals surface area contributed by atoms with Gasteiger partial charge in [0.2, 0.25) is 12.5 Å². The summed E-state index contributed by atoms with van der Waals surface area (Å²) in [6.07, 6.45) is 3.27. The monoisotopic (exact) mass is 451 g/mol. The summed E-state index contributed by atoms with van der Waals surface area (Å²) in [7, 11) is 3.38. The Labute approximate surface area is 190 Å². The summed E-state index contributed by atoms with van der Waals surface area (Å²) in [5, 5.41) is 3.94. The number of aromatic amines is 1. The van der Waals surface area contributed by atoms with Crippen LogP contribution in [-0.4, -0.2) is 62.3 Å². The normalized spacial score (nSPS) is 14.4. The van der Waals surface area contributed by atoms with Gasteiger partial charge in [0.15, 0.2) is 18.1 Å². The van der Waals surface area contributed by atoms with Crippen molar-refractivity contribution in [2.45, 2.75) is 12.8 Å². The summed E-state index contributed by atoms with van der Waals surface area (Å²) in [5.41, 5.74) is 3.38. The van der Waals surface area contributed by atoms with Gasteiger partial charge in [-0.2, -0.15) is 0 Å². The molecule has 2 aliphatic rings. The van der Waals surface area contributed by atoms with Crippen LogP contribution in [0.1, 0.15) is 21.5 Å². The number of carbonyl (C=O) groups excluding carboxylic acids is 2. The Hall–Kier alpha value is -3.88. The van der Waals surface area contributed by atoms with Crippen LogP contribution in [0.25, 0.3) is 10.9 Å². The maximum atomic E-state index is 12.8. The predicted octanol–water partition coefficient (Wildman–Crippen LogP) is 2.27. The van der Waals surface area contributed by atoms with Crippen LogP contribution in [-0.2, 0) is 17.6 Å². The molecule has 0 spiro atoms. The van der Waals surface area contributed by atoms with Crippen LogP contribution in [0.3, 0.4) is 0 Å². The molecule has 172 valence electrons. The van der Waals surface area contributed by atoms with E-state index < -0.39 is 0 Å². The van der Waals surface area contributed by atoms with Crippen LogP contribution in [0.4, 0.5) is 0 Å². The number of ether oxygens (including phenoxy) is 4. The number of nitrogens with one attached hydrogen (secondary N) is 2. The van der Waals surface area contributed by atoms with Gasteiger partial charge in [-0.3, -0.25) is 9.59 Å². The molecule has 0 saturated carbocycles. The van der Waals surface area contributed by atoms with Gasteiger partial charge < -0.3 is 34.1 Å². The summed E-state index contributed by atoms with van der Waals surface area (Å²) in [6.45, 7) is 0.884. The molecule has 9 nitrogen and oxygen atoms in total. The lowest BCUT2D eigenvalue weighted by molar-refractivity contribution is -0.123. The summed E-state index contributed by atoms with van der Waals surface area (Å²) in [5.74, 6) is 1.53. The first-order valence-electron chi connectivity index (χ1n) is 10.8. The van der Waals surface area contributed by atoms with Crippen molar-refractivity contribution in [2.24, 2.45) is 0 Å². The van der Waals surface area contributed by atoms with E-state index in [1.807, 2.05) is 30.5 Å². The van der Waals surface area contributed by atoms with E-state index in [0.29, 0.717) is 43.0 Å². The predicted molar refractivity (Wildman–Crippen MR) is 120 cm³/mol. The van der Waals surface area contributed by atoms with E-state index in [1.165, 1.54) is 0 Å². The number of amides is 2. The van der Waals surface area contributed by atoms with E-state index >= 15 is 0 Å². The van der Waals surface area contributed by atoms with Gasteiger partial charge in [-0.05, 0) is 48.2 Å². The molecule has 0 unspecified atom stereocenters. The SMILES string of the molecule is COc1ccc2[nH]cc(CCNC(=O)COc3c4c(cc5c3C(=O)N(C)CC5)OCO4)c2c1. The molecule has 0 fully saturated rings. The molecule has 0 bridgehead atoms. The van der Waals surface area contributed by atoms with Gasteiger partial charge in [-0.1, -0.05) is 0 Å². The van der Waals surface area contributed by atoms with E-state index in [9.17, 15) is 9.59 Å². The Morgan fingerprint density at radius 1 is 1.27 bits per heavy atom. The molecule has 0 radical (unpaired) electrons. The van der Waals surface area contributed by atoms with Crippen LogP contribution in [0.15, 0.2) is 30.5 Å². The summed E-state index contributed by atoms with van der Waals surface area (Å²) in [6, 6.07) is 7.67. The molecule has 2 amide bonds. The van der Waals surface area contributed by atoms with Gasteiger partial charge >= 0.3 is 0 Å². The fourth-order valence-electron chi connectivity index (χ4n) is 4.23. The Balaban J connectivity index is 1.24. The molecule has 5 rings (SSSR count). The van der Waals surface area contributed by atoms with E-state index in [-0.39, 0.29) is 31.0 Å². The molecular weight excluding hydrogens is 426 g/mol. The molecule has 9 heteroatoms. The lowest BCUT2D eigenvalue weighted by Gasteiger charge is -2.27. The van der Waals surface area contributed by atoms with Gasteiger partial charge in [0, 0.05) is 37.2 Å². The highest BCUT2D eigenvalue weighted by atomic mass is 16.7. The van der Waals surface area contributed by atoms with Crippen LogP contribution in [0.2, 0.25) is 0 Å². The molecule has 3 aromatic rings. The molecule has 0 saturated heterocycles. The first-order valence-corrected chi connectivity index (χ1v) is 10.8. The van der Waals surface area contributed by atoms with Crippen molar-refractivity contribution in [2.75, 3.05) is 40.6 Å². The topological polar surface area (TPSA) is 102 Å². The molecule has 0 aliphatic carbocycles. The van der Waals surface area contributed by atoms with Crippen molar-refractivity contribution < 1.29 is 28.5 Å². The van der Waals surface area contributed by atoms with Crippen LogP contribution in [0, 0.1) is 0 Å². The Morgan fingerprint density at radius 2 is 2.15 bits per heavy atom. The number of nitrogens with zero attached hydrogens (tertiary/aromatic N) is 1. The average molecular weight is 451 g/mol. The van der Waals surface area contributed by atoms with Crippen molar-refractivity contribution in [3.8, 4) is 23.0 Å². The van der Waals surface area contributed by atoms with Gasteiger partial charge in [0.05, 0.1) is 12.7 Å². The van der Waals surface area contributed by atoms with E-state index in [4.69, 9.17) is 18.9 Å². The second kappa shape index (κ2) is 8.57. The zero-order valence-electron chi connectivity index (χ0n) is 18.5. The van der Waals surface area contributed by atoms with Gasteiger partial charge in [0.1, 0.15) is 5.75 Å². The maximum absolute atomic E-state index is 12.8.